The van der Waals surface area contributed by atoms with Gasteiger partial charge in [-0.2, -0.15) is 0 Å². The molecule has 1 rings (SSSR count). The van der Waals surface area contributed by atoms with Crippen molar-refractivity contribution in [1.82, 2.24) is 5.32 Å². The zero-order valence-corrected chi connectivity index (χ0v) is 9.09. The fourth-order valence-corrected chi connectivity index (χ4v) is 1.45. The van der Waals surface area contributed by atoms with Crippen molar-refractivity contribution in [2.24, 2.45) is 0 Å². The van der Waals surface area contributed by atoms with Crippen LogP contribution in [-0.2, 0) is 6.54 Å². The highest BCUT2D eigenvalue weighted by Crippen LogP contribution is 2.10. The second kappa shape index (κ2) is 6.02. The Morgan fingerprint density at radius 2 is 2.29 bits per heavy atom. The van der Waals surface area contributed by atoms with Crippen molar-refractivity contribution in [2.45, 2.75) is 25.9 Å². The molecule has 0 aliphatic heterocycles. The number of benzene rings is 1. The average Bonchev–Trinajstić information content (AvgIpc) is 2.15. The van der Waals surface area contributed by atoms with E-state index in [0.29, 0.717) is 6.04 Å². The lowest BCUT2D eigenvalue weighted by Gasteiger charge is -2.12. The third-order valence-electron chi connectivity index (χ3n) is 2.11. The van der Waals surface area contributed by atoms with Crippen molar-refractivity contribution < 1.29 is 5.11 Å². The number of nitrogens with one attached hydrogen (secondary N) is 1. The third-order valence-corrected chi connectivity index (χ3v) is 2.34. The molecule has 0 heterocycles. The molecule has 0 aliphatic rings. The van der Waals surface area contributed by atoms with Crippen LogP contribution in [0.3, 0.4) is 0 Å². The van der Waals surface area contributed by atoms with Gasteiger partial charge in [-0.15, -0.1) is 0 Å². The predicted octanol–water partition coefficient (Wildman–Crippen LogP) is 2.20. The maximum absolute atomic E-state index is 8.72. The van der Waals surface area contributed by atoms with Crippen molar-refractivity contribution in [3.05, 3.63) is 34.9 Å². The monoisotopic (exact) mass is 213 g/mol. The van der Waals surface area contributed by atoms with E-state index in [9.17, 15) is 0 Å². The second-order valence-corrected chi connectivity index (χ2v) is 3.86. The Morgan fingerprint density at radius 1 is 1.50 bits per heavy atom. The van der Waals surface area contributed by atoms with Crippen LogP contribution >= 0.6 is 11.6 Å². The first kappa shape index (κ1) is 11.5. The molecule has 1 aromatic carbocycles. The fourth-order valence-electron chi connectivity index (χ4n) is 1.23. The van der Waals surface area contributed by atoms with Gasteiger partial charge in [-0.25, -0.2) is 0 Å². The Hall–Kier alpha value is -0.570. The lowest BCUT2D eigenvalue weighted by Crippen LogP contribution is -2.26. The first-order chi connectivity index (χ1) is 6.72. The summed E-state index contributed by atoms with van der Waals surface area (Å²) in [5.41, 5.74) is 1.17. The molecule has 0 amide bonds. The number of rotatable bonds is 5. The smallest absolute Gasteiger partial charge is 0.0445 e. The van der Waals surface area contributed by atoms with Gasteiger partial charge in [-0.05, 0) is 31.0 Å². The van der Waals surface area contributed by atoms with Gasteiger partial charge in [0.2, 0.25) is 0 Å². The minimum Gasteiger partial charge on any atom is -0.396 e. The van der Waals surface area contributed by atoms with Gasteiger partial charge >= 0.3 is 0 Å². The van der Waals surface area contributed by atoms with Crippen LogP contribution < -0.4 is 5.32 Å². The largest absolute Gasteiger partial charge is 0.396 e. The summed E-state index contributed by atoms with van der Waals surface area (Å²) in [5, 5.41) is 12.8. The molecule has 1 unspecified atom stereocenters. The summed E-state index contributed by atoms with van der Waals surface area (Å²) in [6.45, 7) is 3.08. The number of hydrogen-bond acceptors (Lipinski definition) is 2. The molecule has 1 aromatic rings. The topological polar surface area (TPSA) is 32.3 Å². The summed E-state index contributed by atoms with van der Waals surface area (Å²) in [6.07, 6.45) is 0.778. The van der Waals surface area contributed by atoms with Crippen molar-refractivity contribution in [3.8, 4) is 0 Å². The molecule has 3 heteroatoms. The first-order valence-corrected chi connectivity index (χ1v) is 5.19. The van der Waals surface area contributed by atoms with Crippen LogP contribution in [0.15, 0.2) is 24.3 Å². The third kappa shape index (κ3) is 4.09. The molecule has 0 radical (unpaired) electrons. The standard InChI is InChI=1S/C11H16ClNO/c1-9(5-6-14)13-8-10-3-2-4-11(12)7-10/h2-4,7,9,13-14H,5-6,8H2,1H3. The van der Waals surface area contributed by atoms with E-state index in [4.69, 9.17) is 16.7 Å². The van der Waals surface area contributed by atoms with E-state index in [1.54, 1.807) is 0 Å². The lowest BCUT2D eigenvalue weighted by molar-refractivity contribution is 0.268. The SMILES string of the molecule is CC(CCO)NCc1cccc(Cl)c1. The molecule has 0 spiro atoms. The molecular weight excluding hydrogens is 198 g/mol. The summed E-state index contributed by atoms with van der Waals surface area (Å²) in [6, 6.07) is 8.11. The van der Waals surface area contributed by atoms with Crippen LogP contribution in [0.4, 0.5) is 0 Å². The fraction of sp³-hybridized carbons (Fsp3) is 0.455. The van der Waals surface area contributed by atoms with Crippen molar-refractivity contribution in [3.63, 3.8) is 0 Å². The molecule has 0 bridgehead atoms. The highest BCUT2D eigenvalue weighted by atomic mass is 35.5. The van der Waals surface area contributed by atoms with E-state index in [-0.39, 0.29) is 6.61 Å². The second-order valence-electron chi connectivity index (χ2n) is 3.42. The molecular formula is C11H16ClNO. The summed E-state index contributed by atoms with van der Waals surface area (Å²) in [7, 11) is 0. The average molecular weight is 214 g/mol. The maximum Gasteiger partial charge on any atom is 0.0445 e. The molecule has 14 heavy (non-hydrogen) atoms. The van der Waals surface area contributed by atoms with Crippen molar-refractivity contribution in [2.75, 3.05) is 6.61 Å². The van der Waals surface area contributed by atoms with Crippen LogP contribution in [0.2, 0.25) is 5.02 Å². The summed E-state index contributed by atoms with van der Waals surface area (Å²) in [5.74, 6) is 0. The number of halogens is 1. The van der Waals surface area contributed by atoms with Crippen LogP contribution in [0, 0.1) is 0 Å². The molecule has 1 atom stereocenters. The summed E-state index contributed by atoms with van der Waals surface area (Å²) < 4.78 is 0. The zero-order valence-electron chi connectivity index (χ0n) is 8.33. The Morgan fingerprint density at radius 3 is 2.93 bits per heavy atom. The van der Waals surface area contributed by atoms with Crippen LogP contribution in [0.5, 0.6) is 0 Å². The minimum absolute atomic E-state index is 0.226. The molecule has 0 aromatic heterocycles. The van der Waals surface area contributed by atoms with E-state index >= 15 is 0 Å². The Bertz CT molecular complexity index is 278. The molecule has 0 aliphatic carbocycles. The van der Waals surface area contributed by atoms with Crippen LogP contribution in [0.25, 0.3) is 0 Å². The normalized spacial score (nSPS) is 12.8. The zero-order chi connectivity index (χ0) is 10.4. The Balaban J connectivity index is 2.37. The Labute approximate surface area is 89.9 Å². The van der Waals surface area contributed by atoms with Crippen molar-refractivity contribution >= 4 is 11.6 Å². The highest BCUT2D eigenvalue weighted by Gasteiger charge is 2.00. The quantitative estimate of drug-likeness (QED) is 0.786. The number of aliphatic hydroxyl groups is 1. The number of hydrogen-bond donors (Lipinski definition) is 2. The van der Waals surface area contributed by atoms with E-state index in [0.717, 1.165) is 18.0 Å². The summed E-state index contributed by atoms with van der Waals surface area (Å²) >= 11 is 5.85. The maximum atomic E-state index is 8.72. The molecule has 0 saturated carbocycles. The van der Waals surface area contributed by atoms with Gasteiger partial charge in [0.15, 0.2) is 0 Å². The Kier molecular flexibility index (Phi) is 4.94. The number of aliphatic hydroxyl groups excluding tert-OH is 1. The summed E-state index contributed by atoms with van der Waals surface area (Å²) in [4.78, 5) is 0. The van der Waals surface area contributed by atoms with Crippen LogP contribution in [0.1, 0.15) is 18.9 Å². The van der Waals surface area contributed by atoms with E-state index in [2.05, 4.69) is 12.2 Å². The molecule has 78 valence electrons. The van der Waals surface area contributed by atoms with Gasteiger partial charge in [-0.3, -0.25) is 0 Å². The molecule has 0 saturated heterocycles. The molecule has 2 N–H and O–H groups in total. The predicted molar refractivity (Wildman–Crippen MR) is 59.5 cm³/mol. The van der Waals surface area contributed by atoms with Gasteiger partial charge < -0.3 is 10.4 Å². The highest BCUT2D eigenvalue weighted by molar-refractivity contribution is 6.30. The van der Waals surface area contributed by atoms with Crippen molar-refractivity contribution in [1.29, 1.82) is 0 Å². The van der Waals surface area contributed by atoms with Gasteiger partial charge in [0.25, 0.3) is 0 Å². The van der Waals surface area contributed by atoms with Gasteiger partial charge in [0, 0.05) is 24.2 Å². The minimum atomic E-state index is 0.226. The molecule has 2 nitrogen and oxygen atoms in total. The molecule has 0 fully saturated rings. The van der Waals surface area contributed by atoms with Gasteiger partial charge in [-0.1, -0.05) is 23.7 Å². The van der Waals surface area contributed by atoms with E-state index in [1.807, 2.05) is 24.3 Å². The van der Waals surface area contributed by atoms with Gasteiger partial charge in [0.05, 0.1) is 0 Å². The van der Waals surface area contributed by atoms with Gasteiger partial charge in [0.1, 0.15) is 0 Å². The van der Waals surface area contributed by atoms with E-state index < -0.39 is 0 Å². The first-order valence-electron chi connectivity index (χ1n) is 4.81. The lowest BCUT2D eigenvalue weighted by atomic mass is 10.2. The van der Waals surface area contributed by atoms with Crippen LogP contribution in [-0.4, -0.2) is 17.8 Å². The van der Waals surface area contributed by atoms with E-state index in [1.165, 1.54) is 5.56 Å².